The Morgan fingerprint density at radius 2 is 2.23 bits per heavy atom. The molecule has 3 nitrogen and oxygen atoms in total. The first-order chi connectivity index (χ1) is 6.06. The SMILES string of the molecule is N#Cc1cc(Cl)c(F)c(C(=O)O)c1. The van der Waals surface area contributed by atoms with E-state index in [1.807, 2.05) is 0 Å². The number of aromatic carboxylic acids is 1. The maximum absolute atomic E-state index is 12.9. The van der Waals surface area contributed by atoms with Gasteiger partial charge in [-0.3, -0.25) is 0 Å². The van der Waals surface area contributed by atoms with Crippen molar-refractivity contribution in [1.29, 1.82) is 5.26 Å². The van der Waals surface area contributed by atoms with Crippen LogP contribution in [0.3, 0.4) is 0 Å². The largest absolute Gasteiger partial charge is 0.478 e. The second-order valence-corrected chi connectivity index (χ2v) is 2.64. The van der Waals surface area contributed by atoms with E-state index in [9.17, 15) is 9.18 Å². The molecule has 13 heavy (non-hydrogen) atoms. The molecule has 0 amide bonds. The summed E-state index contributed by atoms with van der Waals surface area (Å²) in [5.74, 6) is -2.47. The molecule has 0 bridgehead atoms. The third kappa shape index (κ3) is 1.76. The topological polar surface area (TPSA) is 61.1 Å². The van der Waals surface area contributed by atoms with Gasteiger partial charge in [0.05, 0.1) is 22.2 Å². The molecule has 0 saturated heterocycles. The number of carbonyl (C=O) groups is 1. The molecule has 0 aliphatic rings. The lowest BCUT2D eigenvalue weighted by Gasteiger charge is -1.99. The fourth-order valence-corrected chi connectivity index (χ4v) is 1.03. The molecule has 1 aromatic rings. The molecule has 1 N–H and O–H groups in total. The summed E-state index contributed by atoms with van der Waals surface area (Å²) in [4.78, 5) is 10.4. The van der Waals surface area contributed by atoms with Crippen LogP contribution in [0.1, 0.15) is 15.9 Å². The summed E-state index contributed by atoms with van der Waals surface area (Å²) in [5, 5.41) is 16.6. The van der Waals surface area contributed by atoms with Crippen LogP contribution in [0.5, 0.6) is 0 Å². The number of rotatable bonds is 1. The highest BCUT2D eigenvalue weighted by molar-refractivity contribution is 6.31. The first kappa shape index (κ1) is 9.49. The molecule has 5 heteroatoms. The normalized spacial score (nSPS) is 9.31. The number of carboxylic acid groups (broad SMARTS) is 1. The van der Waals surface area contributed by atoms with Crippen LogP contribution in [0.25, 0.3) is 0 Å². The molecule has 0 aliphatic heterocycles. The molecular weight excluding hydrogens is 197 g/mol. The molecule has 0 saturated carbocycles. The Morgan fingerprint density at radius 3 is 2.69 bits per heavy atom. The van der Waals surface area contributed by atoms with Gasteiger partial charge in [0, 0.05) is 0 Å². The van der Waals surface area contributed by atoms with Crippen molar-refractivity contribution in [2.45, 2.75) is 0 Å². The van der Waals surface area contributed by atoms with Crippen LogP contribution in [0.4, 0.5) is 4.39 Å². The van der Waals surface area contributed by atoms with Gasteiger partial charge in [-0.1, -0.05) is 11.6 Å². The molecule has 66 valence electrons. The first-order valence-corrected chi connectivity index (χ1v) is 3.56. The first-order valence-electron chi connectivity index (χ1n) is 3.18. The Morgan fingerprint density at radius 1 is 1.62 bits per heavy atom. The maximum atomic E-state index is 12.9. The monoisotopic (exact) mass is 199 g/mol. The van der Waals surface area contributed by atoms with E-state index < -0.39 is 17.3 Å². The van der Waals surface area contributed by atoms with Gasteiger partial charge in [-0.05, 0) is 12.1 Å². The smallest absolute Gasteiger partial charge is 0.338 e. The lowest BCUT2D eigenvalue weighted by molar-refractivity contribution is 0.0692. The minimum Gasteiger partial charge on any atom is -0.478 e. The summed E-state index contributed by atoms with van der Waals surface area (Å²) in [5.41, 5.74) is -0.576. The molecule has 0 radical (unpaired) electrons. The number of hydrogen-bond acceptors (Lipinski definition) is 2. The van der Waals surface area contributed by atoms with Crippen molar-refractivity contribution in [2.24, 2.45) is 0 Å². The van der Waals surface area contributed by atoms with Crippen LogP contribution in [0.2, 0.25) is 5.02 Å². The summed E-state index contributed by atoms with van der Waals surface area (Å²) in [7, 11) is 0. The van der Waals surface area contributed by atoms with Crippen molar-refractivity contribution in [3.05, 3.63) is 34.1 Å². The lowest BCUT2D eigenvalue weighted by Crippen LogP contribution is -2.01. The fraction of sp³-hybridized carbons (Fsp3) is 0. The highest BCUT2D eigenvalue weighted by atomic mass is 35.5. The van der Waals surface area contributed by atoms with Gasteiger partial charge in [0.2, 0.25) is 0 Å². The zero-order valence-electron chi connectivity index (χ0n) is 6.21. The quantitative estimate of drug-likeness (QED) is 0.753. The fourth-order valence-electron chi connectivity index (χ4n) is 0.809. The predicted molar refractivity (Wildman–Crippen MR) is 43.1 cm³/mol. The molecule has 0 aromatic heterocycles. The van der Waals surface area contributed by atoms with Crippen LogP contribution in [0.15, 0.2) is 12.1 Å². The standard InChI is InChI=1S/C8H3ClFNO2/c9-6-2-4(3-11)1-5(7(6)10)8(12)13/h1-2H,(H,12,13). The Labute approximate surface area is 78.0 Å². The van der Waals surface area contributed by atoms with E-state index in [4.69, 9.17) is 22.0 Å². The molecule has 0 spiro atoms. The van der Waals surface area contributed by atoms with Crippen LogP contribution < -0.4 is 0 Å². The van der Waals surface area contributed by atoms with E-state index in [0.717, 1.165) is 12.1 Å². The highest BCUT2D eigenvalue weighted by Crippen LogP contribution is 2.20. The molecule has 0 atom stereocenters. The molecule has 0 aliphatic carbocycles. The molecule has 1 rings (SSSR count). The number of benzene rings is 1. The Hall–Kier alpha value is -1.60. The van der Waals surface area contributed by atoms with Gasteiger partial charge >= 0.3 is 5.97 Å². The van der Waals surface area contributed by atoms with Crippen molar-refractivity contribution in [3.8, 4) is 6.07 Å². The molecular formula is C8H3ClFNO2. The van der Waals surface area contributed by atoms with Gasteiger partial charge in [-0.25, -0.2) is 9.18 Å². The third-order valence-electron chi connectivity index (χ3n) is 1.39. The van der Waals surface area contributed by atoms with Gasteiger partial charge in [0.25, 0.3) is 0 Å². The maximum Gasteiger partial charge on any atom is 0.338 e. The van der Waals surface area contributed by atoms with Crippen molar-refractivity contribution >= 4 is 17.6 Å². The number of nitrogens with zero attached hydrogens (tertiary/aromatic N) is 1. The second kappa shape index (κ2) is 3.42. The summed E-state index contributed by atoms with van der Waals surface area (Å²) in [6.45, 7) is 0. The predicted octanol–water partition coefficient (Wildman–Crippen LogP) is 2.05. The summed E-state index contributed by atoms with van der Waals surface area (Å²) < 4.78 is 12.9. The van der Waals surface area contributed by atoms with Crippen molar-refractivity contribution < 1.29 is 14.3 Å². The molecule has 0 heterocycles. The van der Waals surface area contributed by atoms with E-state index in [2.05, 4.69) is 0 Å². The molecule has 1 aromatic carbocycles. The van der Waals surface area contributed by atoms with E-state index in [1.165, 1.54) is 0 Å². The zero-order valence-corrected chi connectivity index (χ0v) is 6.97. The van der Waals surface area contributed by atoms with Crippen molar-refractivity contribution in [2.75, 3.05) is 0 Å². The second-order valence-electron chi connectivity index (χ2n) is 2.24. The lowest BCUT2D eigenvalue weighted by atomic mass is 10.1. The number of halogens is 2. The minimum atomic E-state index is -1.45. The average Bonchev–Trinajstić information content (AvgIpc) is 2.09. The number of carboxylic acids is 1. The molecule has 0 fully saturated rings. The van der Waals surface area contributed by atoms with Crippen LogP contribution in [0, 0.1) is 17.1 Å². The van der Waals surface area contributed by atoms with E-state index in [1.54, 1.807) is 6.07 Å². The Balaban J connectivity index is 3.44. The van der Waals surface area contributed by atoms with Crippen LogP contribution in [-0.4, -0.2) is 11.1 Å². The van der Waals surface area contributed by atoms with Crippen molar-refractivity contribution in [1.82, 2.24) is 0 Å². The van der Waals surface area contributed by atoms with E-state index in [-0.39, 0.29) is 10.6 Å². The van der Waals surface area contributed by atoms with Gasteiger partial charge in [0.15, 0.2) is 5.82 Å². The number of nitriles is 1. The van der Waals surface area contributed by atoms with E-state index in [0.29, 0.717) is 0 Å². The number of hydrogen-bond donors (Lipinski definition) is 1. The minimum absolute atomic E-state index is 0.0174. The van der Waals surface area contributed by atoms with Gasteiger partial charge in [0.1, 0.15) is 0 Å². The zero-order chi connectivity index (χ0) is 10.0. The van der Waals surface area contributed by atoms with Crippen molar-refractivity contribution in [3.63, 3.8) is 0 Å². The van der Waals surface area contributed by atoms with Gasteiger partial charge in [-0.2, -0.15) is 5.26 Å². The molecule has 0 unspecified atom stereocenters. The van der Waals surface area contributed by atoms with E-state index >= 15 is 0 Å². The summed E-state index contributed by atoms with van der Waals surface area (Å²) in [6, 6.07) is 3.68. The highest BCUT2D eigenvalue weighted by Gasteiger charge is 2.14. The van der Waals surface area contributed by atoms with Gasteiger partial charge < -0.3 is 5.11 Å². The summed E-state index contributed by atoms with van der Waals surface area (Å²) >= 11 is 5.35. The van der Waals surface area contributed by atoms with Crippen LogP contribution in [-0.2, 0) is 0 Å². The van der Waals surface area contributed by atoms with Crippen LogP contribution >= 0.6 is 11.6 Å². The van der Waals surface area contributed by atoms with Gasteiger partial charge in [-0.15, -0.1) is 0 Å². The summed E-state index contributed by atoms with van der Waals surface area (Å²) in [6.07, 6.45) is 0. The third-order valence-corrected chi connectivity index (χ3v) is 1.66. The average molecular weight is 200 g/mol. The Bertz CT molecular complexity index is 411. The Kier molecular flexibility index (Phi) is 2.49.